The van der Waals surface area contributed by atoms with Gasteiger partial charge in [-0.2, -0.15) is 0 Å². The van der Waals surface area contributed by atoms with Crippen molar-refractivity contribution in [2.24, 2.45) is 5.92 Å². The Morgan fingerprint density at radius 2 is 2.19 bits per heavy atom. The molecule has 26 heavy (non-hydrogen) atoms. The summed E-state index contributed by atoms with van der Waals surface area (Å²) in [5, 5.41) is 7.05. The summed E-state index contributed by atoms with van der Waals surface area (Å²) < 4.78 is 37.2. The number of amides is 1. The zero-order valence-corrected chi connectivity index (χ0v) is 14.5. The molecule has 2 aromatic rings. The summed E-state index contributed by atoms with van der Waals surface area (Å²) in [7, 11) is 1.72. The van der Waals surface area contributed by atoms with Gasteiger partial charge >= 0.3 is 0 Å². The van der Waals surface area contributed by atoms with Crippen LogP contribution in [0.25, 0.3) is 0 Å². The summed E-state index contributed by atoms with van der Waals surface area (Å²) >= 11 is 0. The van der Waals surface area contributed by atoms with Gasteiger partial charge in [0.1, 0.15) is 6.61 Å². The summed E-state index contributed by atoms with van der Waals surface area (Å²) in [5.41, 5.74) is 0.142. The second-order valence-corrected chi connectivity index (χ2v) is 6.42. The number of benzene rings is 1. The smallest absolute Gasteiger partial charge is 0.275 e. The van der Waals surface area contributed by atoms with E-state index in [1.165, 1.54) is 12.1 Å². The maximum atomic E-state index is 13.5. The standard InChI is InChI=1S/C18H21F2N3O3/c1-23(10-12-4-3-7-21-9-12)18(24)16-8-13(26-22-16)11-25-17-14(19)5-2-6-15(17)20/h2,5-6,8,12,21H,3-4,7,9-11H2,1H3/t12-/m1/s1. The van der Waals surface area contributed by atoms with E-state index in [2.05, 4.69) is 10.5 Å². The quantitative estimate of drug-likeness (QED) is 0.852. The molecule has 1 N–H and O–H groups in total. The van der Waals surface area contributed by atoms with Gasteiger partial charge in [-0.3, -0.25) is 4.79 Å². The summed E-state index contributed by atoms with van der Waals surface area (Å²) in [6.07, 6.45) is 2.18. The van der Waals surface area contributed by atoms with Crippen LogP contribution in [0.3, 0.4) is 0 Å². The largest absolute Gasteiger partial charge is 0.479 e. The van der Waals surface area contributed by atoms with Crippen LogP contribution in [-0.2, 0) is 6.61 Å². The van der Waals surface area contributed by atoms with Crippen LogP contribution in [0.1, 0.15) is 29.1 Å². The van der Waals surface area contributed by atoms with E-state index in [9.17, 15) is 13.6 Å². The molecular formula is C18H21F2N3O3. The van der Waals surface area contributed by atoms with Crippen LogP contribution in [0.15, 0.2) is 28.8 Å². The number of halogens is 2. The topological polar surface area (TPSA) is 67.6 Å². The van der Waals surface area contributed by atoms with E-state index in [4.69, 9.17) is 9.26 Å². The van der Waals surface area contributed by atoms with Crippen molar-refractivity contribution in [2.45, 2.75) is 19.4 Å². The van der Waals surface area contributed by atoms with Gasteiger partial charge in [-0.25, -0.2) is 8.78 Å². The van der Waals surface area contributed by atoms with Crippen molar-refractivity contribution in [2.75, 3.05) is 26.7 Å². The summed E-state index contributed by atoms with van der Waals surface area (Å²) in [4.78, 5) is 14.0. The Balaban J connectivity index is 1.57. The van der Waals surface area contributed by atoms with E-state index in [1.54, 1.807) is 11.9 Å². The third-order valence-electron chi connectivity index (χ3n) is 4.33. The lowest BCUT2D eigenvalue weighted by atomic mass is 9.99. The van der Waals surface area contributed by atoms with E-state index in [1.807, 2.05) is 0 Å². The van der Waals surface area contributed by atoms with E-state index < -0.39 is 17.4 Å². The molecule has 1 saturated heterocycles. The predicted molar refractivity (Wildman–Crippen MR) is 89.7 cm³/mol. The fraction of sp³-hybridized carbons (Fsp3) is 0.444. The maximum absolute atomic E-state index is 13.5. The molecule has 8 heteroatoms. The van der Waals surface area contributed by atoms with E-state index >= 15 is 0 Å². The number of ether oxygens (including phenoxy) is 1. The van der Waals surface area contributed by atoms with Gasteiger partial charge in [0.05, 0.1) is 0 Å². The SMILES string of the molecule is CN(C[C@@H]1CCCNC1)C(=O)c1cc(COc2c(F)cccc2F)on1. The molecule has 2 heterocycles. The van der Waals surface area contributed by atoms with Gasteiger partial charge in [0.15, 0.2) is 28.8 Å². The first kappa shape index (κ1) is 18.3. The lowest BCUT2D eigenvalue weighted by Crippen LogP contribution is -2.39. The number of carbonyl (C=O) groups is 1. The molecule has 3 rings (SSSR count). The van der Waals surface area contributed by atoms with Crippen LogP contribution in [0, 0.1) is 17.6 Å². The number of carbonyl (C=O) groups excluding carboxylic acids is 1. The fourth-order valence-electron chi connectivity index (χ4n) is 2.99. The number of piperidine rings is 1. The highest BCUT2D eigenvalue weighted by Crippen LogP contribution is 2.22. The summed E-state index contributed by atoms with van der Waals surface area (Å²) in [5.74, 6) is -1.73. The van der Waals surface area contributed by atoms with Crippen molar-refractivity contribution >= 4 is 5.91 Å². The maximum Gasteiger partial charge on any atom is 0.275 e. The van der Waals surface area contributed by atoms with E-state index in [0.717, 1.165) is 38.1 Å². The van der Waals surface area contributed by atoms with Gasteiger partial charge in [-0.1, -0.05) is 11.2 Å². The van der Waals surface area contributed by atoms with Crippen LogP contribution < -0.4 is 10.1 Å². The van der Waals surface area contributed by atoms with E-state index in [0.29, 0.717) is 12.5 Å². The molecule has 1 fully saturated rings. The number of rotatable bonds is 6. The zero-order chi connectivity index (χ0) is 18.5. The van der Waals surface area contributed by atoms with Crippen molar-refractivity contribution in [1.82, 2.24) is 15.4 Å². The molecule has 0 radical (unpaired) electrons. The highest BCUT2D eigenvalue weighted by Gasteiger charge is 2.22. The molecule has 140 valence electrons. The molecule has 1 amide bonds. The third-order valence-corrected chi connectivity index (χ3v) is 4.33. The van der Waals surface area contributed by atoms with Crippen LogP contribution >= 0.6 is 0 Å². The first-order valence-corrected chi connectivity index (χ1v) is 8.53. The van der Waals surface area contributed by atoms with Crippen LogP contribution in [0.4, 0.5) is 8.78 Å². The minimum absolute atomic E-state index is 0.142. The molecule has 6 nitrogen and oxygen atoms in total. The fourth-order valence-corrected chi connectivity index (χ4v) is 2.99. The van der Waals surface area contributed by atoms with Gasteiger partial charge in [0.2, 0.25) is 0 Å². The van der Waals surface area contributed by atoms with Gasteiger partial charge in [-0.15, -0.1) is 0 Å². The number of hydrogen-bond donors (Lipinski definition) is 1. The molecule has 0 aliphatic carbocycles. The third kappa shape index (κ3) is 4.37. The molecule has 1 aromatic carbocycles. The Morgan fingerprint density at radius 3 is 2.88 bits per heavy atom. The highest BCUT2D eigenvalue weighted by molar-refractivity contribution is 5.92. The Labute approximate surface area is 150 Å². The second kappa shape index (κ2) is 8.27. The Morgan fingerprint density at radius 1 is 1.42 bits per heavy atom. The van der Waals surface area contributed by atoms with Gasteiger partial charge < -0.3 is 19.5 Å². The van der Waals surface area contributed by atoms with Crippen LogP contribution in [0.2, 0.25) is 0 Å². The van der Waals surface area contributed by atoms with E-state index in [-0.39, 0.29) is 24.0 Å². The van der Waals surface area contributed by atoms with Crippen LogP contribution in [-0.4, -0.2) is 42.6 Å². The molecule has 1 aliphatic rings. The Kier molecular flexibility index (Phi) is 5.82. The minimum atomic E-state index is -0.804. The first-order valence-electron chi connectivity index (χ1n) is 8.53. The Hall–Kier alpha value is -2.48. The number of hydrogen-bond acceptors (Lipinski definition) is 5. The number of aromatic nitrogens is 1. The predicted octanol–water partition coefficient (Wildman–Crippen LogP) is 2.60. The van der Waals surface area contributed by atoms with Crippen molar-refractivity contribution in [3.8, 4) is 5.75 Å². The lowest BCUT2D eigenvalue weighted by Gasteiger charge is -2.27. The van der Waals surface area contributed by atoms with Crippen molar-refractivity contribution < 1.29 is 22.8 Å². The number of para-hydroxylation sites is 1. The van der Waals surface area contributed by atoms with Gasteiger partial charge in [-0.05, 0) is 44.0 Å². The number of nitrogens with one attached hydrogen (secondary N) is 1. The molecule has 0 unspecified atom stereocenters. The Bertz CT molecular complexity index is 740. The van der Waals surface area contributed by atoms with Crippen molar-refractivity contribution in [3.05, 3.63) is 47.4 Å². The summed E-state index contributed by atoms with van der Waals surface area (Å²) in [6.45, 7) is 2.31. The lowest BCUT2D eigenvalue weighted by molar-refractivity contribution is 0.0754. The zero-order valence-electron chi connectivity index (χ0n) is 14.5. The van der Waals surface area contributed by atoms with Crippen molar-refractivity contribution in [3.63, 3.8) is 0 Å². The summed E-state index contributed by atoms with van der Waals surface area (Å²) in [6, 6.07) is 4.88. The van der Waals surface area contributed by atoms with Gasteiger partial charge in [0.25, 0.3) is 5.91 Å². The average molecular weight is 365 g/mol. The molecule has 0 spiro atoms. The molecule has 0 bridgehead atoms. The molecule has 1 aromatic heterocycles. The highest BCUT2D eigenvalue weighted by atomic mass is 19.1. The van der Waals surface area contributed by atoms with Crippen LogP contribution in [0.5, 0.6) is 5.75 Å². The van der Waals surface area contributed by atoms with Gasteiger partial charge in [0, 0.05) is 19.7 Å². The average Bonchev–Trinajstić information content (AvgIpc) is 3.10. The molecule has 0 saturated carbocycles. The normalized spacial score (nSPS) is 17.1. The monoisotopic (exact) mass is 365 g/mol. The molecule has 1 aliphatic heterocycles. The number of nitrogens with zero attached hydrogens (tertiary/aromatic N) is 2. The first-order chi connectivity index (χ1) is 12.5. The molecule has 1 atom stereocenters. The van der Waals surface area contributed by atoms with Crippen molar-refractivity contribution in [1.29, 1.82) is 0 Å². The molecular weight excluding hydrogens is 344 g/mol. The minimum Gasteiger partial charge on any atom is -0.479 e. The second-order valence-electron chi connectivity index (χ2n) is 6.42.